The van der Waals surface area contributed by atoms with Gasteiger partial charge in [0.2, 0.25) is 5.82 Å². The summed E-state index contributed by atoms with van der Waals surface area (Å²) in [5.74, 6) is 0.283. The minimum Gasteiger partial charge on any atom is -0.508 e. The summed E-state index contributed by atoms with van der Waals surface area (Å²) in [7, 11) is 0. The van der Waals surface area contributed by atoms with Crippen LogP contribution < -0.4 is 4.90 Å². The molecule has 0 bridgehead atoms. The second-order valence-electron chi connectivity index (χ2n) is 8.26. The summed E-state index contributed by atoms with van der Waals surface area (Å²) in [6, 6.07) is 0. The van der Waals surface area contributed by atoms with Crippen molar-refractivity contribution in [2.75, 3.05) is 77.1 Å². The van der Waals surface area contributed by atoms with Crippen molar-refractivity contribution in [2.45, 2.75) is 25.7 Å². The molecular weight excluding hydrogens is 436 g/mol. The minimum absolute atomic E-state index is 0.130. The van der Waals surface area contributed by atoms with E-state index in [9.17, 15) is 25.4 Å². The van der Waals surface area contributed by atoms with Gasteiger partial charge in [0.25, 0.3) is 0 Å². The summed E-state index contributed by atoms with van der Waals surface area (Å²) < 4.78 is 12.3. The quantitative estimate of drug-likeness (QED) is 0.208. The molecule has 2 aliphatic heterocycles. The molecule has 1 aromatic heterocycles. The van der Waals surface area contributed by atoms with E-state index in [0.717, 1.165) is 13.1 Å². The highest BCUT2D eigenvalue weighted by Gasteiger charge is 2.32. The maximum absolute atomic E-state index is 11.6. The number of hydrogen-bond acceptors (Lipinski definition) is 11. The molecule has 0 radical (unpaired) electrons. The smallest absolute Gasteiger partial charge is 0.359 e. The molecule has 3 heterocycles. The second-order valence-corrected chi connectivity index (χ2v) is 8.26. The van der Waals surface area contributed by atoms with Crippen molar-refractivity contribution in [3.63, 3.8) is 0 Å². The Balaban J connectivity index is 1.76. The van der Waals surface area contributed by atoms with Gasteiger partial charge >= 0.3 is 5.82 Å². The van der Waals surface area contributed by atoms with Crippen LogP contribution in [0.25, 0.3) is 0 Å². The Kier molecular flexibility index (Phi) is 9.41. The molecule has 13 heteroatoms. The first kappa shape index (κ1) is 25.3. The van der Waals surface area contributed by atoms with Crippen LogP contribution in [0, 0.1) is 17.0 Å². The van der Waals surface area contributed by atoms with Crippen molar-refractivity contribution in [3.8, 4) is 0 Å². The van der Waals surface area contributed by atoms with E-state index < -0.39 is 23.0 Å². The molecule has 3 N–H and O–H groups in total. The summed E-state index contributed by atoms with van der Waals surface area (Å²) in [5.41, 5.74) is 0. The van der Waals surface area contributed by atoms with Crippen molar-refractivity contribution in [1.82, 2.24) is 19.4 Å². The van der Waals surface area contributed by atoms with Gasteiger partial charge in [0.1, 0.15) is 18.5 Å². The van der Waals surface area contributed by atoms with Crippen LogP contribution in [-0.4, -0.2) is 124 Å². The molecule has 2 aliphatic rings. The van der Waals surface area contributed by atoms with Crippen LogP contribution in [0.3, 0.4) is 0 Å². The van der Waals surface area contributed by atoms with Crippen LogP contribution in [0.2, 0.25) is 0 Å². The molecule has 2 saturated heterocycles. The number of morpholine rings is 2. The zero-order valence-corrected chi connectivity index (χ0v) is 19.0. The van der Waals surface area contributed by atoms with E-state index in [4.69, 9.17) is 9.47 Å². The van der Waals surface area contributed by atoms with Gasteiger partial charge in [0, 0.05) is 39.3 Å². The molecular formula is C20H34N6O7. The fraction of sp³-hybridized carbons (Fsp3) is 0.750. The largest absolute Gasteiger partial charge is 0.508 e. The number of aliphatic hydroxyl groups is 3. The van der Waals surface area contributed by atoms with Crippen LogP contribution >= 0.6 is 0 Å². The SMILES string of the molecule is Cc1ncc(N(CC(O)CN2CCOCC2)/C(=C\O)[N+](=O)[O-])n1CC(O)CN1CCOCC1. The lowest BCUT2D eigenvalue weighted by Crippen LogP contribution is -2.45. The molecule has 2 unspecified atom stereocenters. The van der Waals surface area contributed by atoms with Crippen molar-refractivity contribution in [3.05, 3.63) is 34.2 Å². The van der Waals surface area contributed by atoms with Crippen molar-refractivity contribution >= 4 is 5.82 Å². The minimum atomic E-state index is -0.931. The number of imidazole rings is 1. The molecule has 0 saturated carbocycles. The Morgan fingerprint density at radius 3 is 2.18 bits per heavy atom. The van der Waals surface area contributed by atoms with Crippen molar-refractivity contribution < 1.29 is 29.7 Å². The molecule has 13 nitrogen and oxygen atoms in total. The summed E-state index contributed by atoms with van der Waals surface area (Å²) in [6.07, 6.45) is 0.191. The van der Waals surface area contributed by atoms with Crippen LogP contribution in [0.5, 0.6) is 0 Å². The number of rotatable bonds is 11. The first-order valence-corrected chi connectivity index (χ1v) is 11.1. The zero-order valence-electron chi connectivity index (χ0n) is 19.0. The average Bonchev–Trinajstić information content (AvgIpc) is 3.14. The standard InChI is InChI=1S/C20H34N6O7/c1-16-21-10-19(24(16)13-17(28)11-22-2-6-32-7-3-22)25(20(15-27)26(30)31)14-18(29)12-23-4-8-33-9-5-23/h10,15,17-18,27-29H,2-9,11-14H2,1H3/b20-15+. The molecule has 0 aromatic carbocycles. The predicted octanol–water partition coefficient (Wildman–Crippen LogP) is -0.982. The zero-order chi connectivity index (χ0) is 23.8. The lowest BCUT2D eigenvalue weighted by molar-refractivity contribution is -0.428. The number of anilines is 1. The monoisotopic (exact) mass is 470 g/mol. The molecule has 2 fully saturated rings. The maximum Gasteiger partial charge on any atom is 0.359 e. The first-order valence-electron chi connectivity index (χ1n) is 11.1. The number of hydrogen-bond donors (Lipinski definition) is 3. The van der Waals surface area contributed by atoms with E-state index in [0.29, 0.717) is 70.5 Å². The normalized spacial score (nSPS) is 20.5. The van der Waals surface area contributed by atoms with Gasteiger partial charge in [0.15, 0.2) is 6.26 Å². The highest BCUT2D eigenvalue weighted by molar-refractivity contribution is 5.45. The van der Waals surface area contributed by atoms with Gasteiger partial charge in [-0.2, -0.15) is 0 Å². The Bertz CT molecular complexity index is 792. The Morgan fingerprint density at radius 2 is 1.67 bits per heavy atom. The number of β-amino-alcohol motifs (C(OH)–C–C–N with tert-alkyl or cyclic N) is 2. The number of ether oxygens (including phenoxy) is 2. The number of aryl methyl sites for hydroxylation is 1. The predicted molar refractivity (Wildman–Crippen MR) is 119 cm³/mol. The molecule has 0 spiro atoms. The number of aliphatic hydroxyl groups excluding tert-OH is 3. The van der Waals surface area contributed by atoms with Gasteiger partial charge < -0.3 is 34.9 Å². The van der Waals surface area contributed by atoms with Gasteiger partial charge in [-0.1, -0.05) is 0 Å². The Hall–Kier alpha value is -2.29. The third-order valence-corrected chi connectivity index (χ3v) is 5.82. The van der Waals surface area contributed by atoms with Crippen molar-refractivity contribution in [2.24, 2.45) is 0 Å². The second kappa shape index (κ2) is 12.3. The van der Waals surface area contributed by atoms with Gasteiger partial charge in [-0.3, -0.25) is 14.4 Å². The van der Waals surface area contributed by atoms with Crippen molar-refractivity contribution in [1.29, 1.82) is 0 Å². The van der Waals surface area contributed by atoms with E-state index in [-0.39, 0.29) is 13.1 Å². The first-order chi connectivity index (χ1) is 15.9. The van der Waals surface area contributed by atoms with Crippen LogP contribution in [0.4, 0.5) is 5.82 Å². The third kappa shape index (κ3) is 7.09. The number of aromatic nitrogens is 2. The Labute approximate surface area is 192 Å². The van der Waals surface area contributed by atoms with E-state index in [1.54, 1.807) is 11.5 Å². The topological polar surface area (TPSA) is 150 Å². The number of nitrogens with zero attached hydrogens (tertiary/aromatic N) is 6. The van der Waals surface area contributed by atoms with Gasteiger partial charge in [-0.25, -0.2) is 9.88 Å². The molecule has 2 atom stereocenters. The summed E-state index contributed by atoms with van der Waals surface area (Å²) in [4.78, 5) is 20.6. The maximum atomic E-state index is 11.6. The summed E-state index contributed by atoms with van der Waals surface area (Å²) >= 11 is 0. The van der Waals surface area contributed by atoms with E-state index >= 15 is 0 Å². The van der Waals surface area contributed by atoms with E-state index in [1.165, 1.54) is 11.1 Å². The molecule has 0 amide bonds. The highest BCUT2D eigenvalue weighted by atomic mass is 16.6. The molecule has 1 aromatic rings. The summed E-state index contributed by atoms with van der Waals surface area (Å²) in [6.45, 7) is 7.66. The summed E-state index contributed by atoms with van der Waals surface area (Å²) in [5, 5.41) is 42.7. The van der Waals surface area contributed by atoms with Crippen LogP contribution in [0.15, 0.2) is 18.3 Å². The molecule has 33 heavy (non-hydrogen) atoms. The Morgan fingerprint density at radius 1 is 1.12 bits per heavy atom. The average molecular weight is 471 g/mol. The fourth-order valence-corrected chi connectivity index (χ4v) is 4.12. The molecule has 0 aliphatic carbocycles. The van der Waals surface area contributed by atoms with Crippen LogP contribution in [-0.2, 0) is 16.0 Å². The lowest BCUT2D eigenvalue weighted by Gasteiger charge is -2.30. The third-order valence-electron chi connectivity index (χ3n) is 5.82. The van der Waals surface area contributed by atoms with Crippen LogP contribution in [0.1, 0.15) is 5.82 Å². The van der Waals surface area contributed by atoms with Gasteiger partial charge in [-0.05, 0) is 11.8 Å². The van der Waals surface area contributed by atoms with E-state index in [1.807, 2.05) is 4.90 Å². The van der Waals surface area contributed by atoms with E-state index in [2.05, 4.69) is 9.88 Å². The lowest BCUT2D eigenvalue weighted by atomic mass is 10.2. The molecule has 186 valence electrons. The van der Waals surface area contributed by atoms with Gasteiger partial charge in [-0.15, -0.1) is 0 Å². The highest BCUT2D eigenvalue weighted by Crippen LogP contribution is 2.23. The fourth-order valence-electron chi connectivity index (χ4n) is 4.12. The molecule has 3 rings (SSSR count). The number of nitro groups is 1. The van der Waals surface area contributed by atoms with Gasteiger partial charge in [0.05, 0.1) is 45.3 Å².